The highest BCUT2D eigenvalue weighted by atomic mass is 35.5. The highest BCUT2D eigenvalue weighted by Crippen LogP contribution is 2.38. The van der Waals surface area contributed by atoms with Gasteiger partial charge in [-0.2, -0.15) is 5.26 Å². The molecule has 9 nitrogen and oxygen atoms in total. The summed E-state index contributed by atoms with van der Waals surface area (Å²) >= 11 is 6.78. The molecule has 0 bridgehead atoms. The van der Waals surface area contributed by atoms with Gasteiger partial charge < -0.3 is 16.1 Å². The van der Waals surface area contributed by atoms with Crippen LogP contribution in [0.4, 0.5) is 15.8 Å². The van der Waals surface area contributed by atoms with E-state index in [0.29, 0.717) is 39.6 Å². The van der Waals surface area contributed by atoms with Crippen LogP contribution in [0.3, 0.4) is 0 Å². The van der Waals surface area contributed by atoms with E-state index in [1.807, 2.05) is 41.5 Å². The van der Waals surface area contributed by atoms with Gasteiger partial charge >= 0.3 is 0 Å². The number of rotatable bonds is 11. The summed E-state index contributed by atoms with van der Waals surface area (Å²) in [6.07, 6.45) is 6.78. The molecular formula is C32H31ClFN7O2S. The second-order valence-electron chi connectivity index (χ2n) is 11.0. The van der Waals surface area contributed by atoms with Crippen molar-refractivity contribution in [2.45, 2.75) is 37.4 Å². The largest absolute Gasteiger partial charge is 0.377 e. The van der Waals surface area contributed by atoms with Crippen LogP contribution in [0.5, 0.6) is 0 Å². The van der Waals surface area contributed by atoms with Gasteiger partial charge in [0.2, 0.25) is 0 Å². The molecule has 2 atom stereocenters. The number of sulfone groups is 1. The third-order valence-electron chi connectivity index (χ3n) is 7.54. The second-order valence-corrected chi connectivity index (χ2v) is 13.6. The number of nitriles is 1. The lowest BCUT2D eigenvalue weighted by atomic mass is 10.0. The summed E-state index contributed by atoms with van der Waals surface area (Å²) < 4.78 is 47.8. The maximum Gasteiger partial charge on any atom is 0.147 e. The predicted molar refractivity (Wildman–Crippen MR) is 171 cm³/mol. The minimum atomic E-state index is -3.27. The third kappa shape index (κ3) is 6.73. The van der Waals surface area contributed by atoms with Crippen molar-refractivity contribution < 1.29 is 14.2 Å². The zero-order valence-electron chi connectivity index (χ0n) is 24.8. The van der Waals surface area contributed by atoms with Gasteiger partial charge in [-0.3, -0.25) is 9.99 Å². The van der Waals surface area contributed by atoms with Crippen LogP contribution in [0.15, 0.2) is 84.8 Å². The molecule has 3 aromatic carbocycles. The first-order valence-electron chi connectivity index (χ1n) is 14.6. The maximum absolute atomic E-state index is 13.9. The lowest BCUT2D eigenvalue weighted by Gasteiger charge is -2.24. The number of fused-ring (bicyclic) bond motifs is 1. The van der Waals surface area contributed by atoms with E-state index in [-0.39, 0.29) is 22.8 Å². The Hall–Kier alpha value is -4.37. The molecule has 6 rings (SSSR count). The van der Waals surface area contributed by atoms with Crippen LogP contribution in [0.2, 0.25) is 5.02 Å². The molecule has 0 spiro atoms. The topological polar surface area (TPSA) is 122 Å². The molecule has 12 heteroatoms. The lowest BCUT2D eigenvalue weighted by Crippen LogP contribution is -2.38. The van der Waals surface area contributed by atoms with Crippen LogP contribution in [0, 0.1) is 17.1 Å². The molecule has 4 N–H and O–H groups in total. The van der Waals surface area contributed by atoms with E-state index in [9.17, 15) is 19.4 Å². The van der Waals surface area contributed by atoms with Crippen molar-refractivity contribution in [2.24, 2.45) is 0 Å². The van der Waals surface area contributed by atoms with E-state index in [4.69, 9.17) is 11.6 Å². The molecule has 1 aromatic heterocycles. The molecule has 2 heterocycles. The summed E-state index contributed by atoms with van der Waals surface area (Å²) in [7, 11) is -3.27. The van der Waals surface area contributed by atoms with Crippen molar-refractivity contribution in [1.82, 2.24) is 21.0 Å². The minimum absolute atomic E-state index is 0.0644. The van der Waals surface area contributed by atoms with Gasteiger partial charge in [-0.05, 0) is 54.7 Å². The van der Waals surface area contributed by atoms with Crippen molar-refractivity contribution >= 4 is 43.7 Å². The Morgan fingerprint density at radius 3 is 2.59 bits per heavy atom. The summed E-state index contributed by atoms with van der Waals surface area (Å²) in [4.78, 5) is 4.45. The van der Waals surface area contributed by atoms with E-state index in [1.54, 1.807) is 24.3 Å². The molecular weight excluding hydrogens is 601 g/mol. The first-order chi connectivity index (χ1) is 21.5. The number of anilines is 2. The summed E-state index contributed by atoms with van der Waals surface area (Å²) in [5.41, 5.74) is 9.57. The summed E-state index contributed by atoms with van der Waals surface area (Å²) in [6, 6.07) is 19.0. The molecule has 1 aliphatic carbocycles. The highest BCUT2D eigenvalue weighted by Gasteiger charge is 2.32. The molecule has 2 aliphatic rings. The van der Waals surface area contributed by atoms with Gasteiger partial charge in [-0.25, -0.2) is 12.8 Å². The Kier molecular flexibility index (Phi) is 7.95. The first kappa shape index (κ1) is 28.4. The number of hydrogen-bond acceptors (Lipinski definition) is 9. The molecule has 1 fully saturated rings. The average Bonchev–Trinajstić information content (AvgIpc) is 3.74. The summed E-state index contributed by atoms with van der Waals surface area (Å²) in [5.74, 6) is -0.485. The Labute approximate surface area is 262 Å². The number of hydrazine groups is 2. The van der Waals surface area contributed by atoms with Crippen LogP contribution >= 0.6 is 11.6 Å². The molecule has 0 amide bonds. The van der Waals surface area contributed by atoms with Gasteiger partial charge in [0.25, 0.3) is 0 Å². The SMILES string of the molecule is [2H][C@@](Nc1cc(Cl)c2ncc(C#N)c(N[C@H](CCS(C)(=O)=O)c3ccccc3)c2c1)(C1=CN(C2CC2)NN1)c1ccc(F)cc1. The Bertz CT molecular complexity index is 1920. The fraction of sp³-hybridized carbons (Fsp3) is 0.250. The van der Waals surface area contributed by atoms with Crippen molar-refractivity contribution in [3.8, 4) is 6.07 Å². The fourth-order valence-corrected chi connectivity index (χ4v) is 6.08. The molecule has 0 saturated heterocycles. The van der Waals surface area contributed by atoms with Gasteiger partial charge in [0, 0.05) is 35.8 Å². The van der Waals surface area contributed by atoms with Gasteiger partial charge in [0.15, 0.2) is 0 Å². The monoisotopic (exact) mass is 632 g/mol. The quantitative estimate of drug-likeness (QED) is 0.158. The third-order valence-corrected chi connectivity index (χ3v) is 8.81. The number of hydrogen-bond donors (Lipinski definition) is 4. The van der Waals surface area contributed by atoms with E-state index < -0.39 is 27.7 Å². The number of nitrogens with one attached hydrogen (secondary N) is 4. The zero-order valence-corrected chi connectivity index (χ0v) is 25.4. The van der Waals surface area contributed by atoms with Gasteiger partial charge in [-0.1, -0.05) is 54.1 Å². The average molecular weight is 633 g/mol. The predicted octanol–water partition coefficient (Wildman–Crippen LogP) is 5.97. The van der Waals surface area contributed by atoms with Gasteiger partial charge in [0.05, 0.1) is 46.7 Å². The number of nitrogens with zero attached hydrogens (tertiary/aromatic N) is 3. The molecule has 226 valence electrons. The number of aromatic nitrogens is 1. The van der Waals surface area contributed by atoms with Crippen LogP contribution in [-0.4, -0.2) is 36.5 Å². The molecule has 0 radical (unpaired) electrons. The normalized spacial score (nSPS) is 17.2. The standard InChI is InChI=1S/C32H31ClFN7O2S/c1-44(42,43)14-13-28(20-5-3-2-4-6-20)38-30-22(17-35)18-36-32-26(30)15-24(16-27(32)33)37-31(21-7-9-23(34)10-8-21)29-19-41(40-39-29)25-11-12-25/h2-10,15-16,18-19,25,28,31,37,39-40H,11-14H2,1H3,(H,36,38)/t28-,31+/m1/s1/i31D. The maximum atomic E-state index is 13.9. The highest BCUT2D eigenvalue weighted by molar-refractivity contribution is 7.90. The molecule has 1 aliphatic heterocycles. The molecule has 1 saturated carbocycles. The van der Waals surface area contributed by atoms with E-state index >= 15 is 0 Å². The zero-order chi connectivity index (χ0) is 31.8. The second kappa shape index (κ2) is 12.3. The summed E-state index contributed by atoms with van der Waals surface area (Å²) in [5, 5.41) is 19.5. The number of benzene rings is 3. The van der Waals surface area contributed by atoms with Crippen LogP contribution in [-0.2, 0) is 9.84 Å². The Morgan fingerprint density at radius 2 is 1.91 bits per heavy atom. The number of halogens is 2. The molecule has 4 aromatic rings. The van der Waals surface area contributed by atoms with Gasteiger partial charge in [0.1, 0.15) is 21.7 Å². The van der Waals surface area contributed by atoms with E-state index in [2.05, 4.69) is 32.6 Å². The smallest absolute Gasteiger partial charge is 0.147 e. The van der Waals surface area contributed by atoms with E-state index in [1.165, 1.54) is 24.6 Å². The van der Waals surface area contributed by atoms with Gasteiger partial charge in [-0.15, -0.1) is 5.53 Å². The van der Waals surface area contributed by atoms with E-state index in [0.717, 1.165) is 18.4 Å². The first-order valence-corrected chi connectivity index (χ1v) is 16.6. The molecule has 0 unspecified atom stereocenters. The van der Waals surface area contributed by atoms with Crippen molar-refractivity contribution in [2.75, 3.05) is 22.6 Å². The Balaban J connectivity index is 1.44. The van der Waals surface area contributed by atoms with Crippen molar-refractivity contribution in [3.63, 3.8) is 0 Å². The Morgan fingerprint density at radius 1 is 1.16 bits per heavy atom. The number of pyridine rings is 1. The fourth-order valence-electron chi connectivity index (χ4n) is 5.15. The minimum Gasteiger partial charge on any atom is -0.377 e. The van der Waals surface area contributed by atoms with Crippen molar-refractivity contribution in [1.29, 1.82) is 5.26 Å². The molecule has 44 heavy (non-hydrogen) atoms. The van der Waals surface area contributed by atoms with Crippen molar-refractivity contribution in [3.05, 3.63) is 112 Å². The lowest BCUT2D eigenvalue weighted by molar-refractivity contribution is 0.260. The van der Waals surface area contributed by atoms with Crippen LogP contribution < -0.4 is 21.6 Å². The van der Waals surface area contributed by atoms with Crippen LogP contribution in [0.1, 0.15) is 49.4 Å². The van der Waals surface area contributed by atoms with Crippen LogP contribution in [0.25, 0.3) is 10.9 Å². The summed E-state index contributed by atoms with van der Waals surface area (Å²) in [6.45, 7) is 0.